The molecule has 1 aromatic carbocycles. The molecular formula is C20H25N5O3. The Balaban J connectivity index is 1.63. The summed E-state index contributed by atoms with van der Waals surface area (Å²) in [5, 5.41) is 6.88. The molecule has 1 aliphatic rings. The topological polar surface area (TPSA) is 112 Å². The van der Waals surface area contributed by atoms with Gasteiger partial charge in [0, 0.05) is 23.6 Å². The molecule has 8 nitrogen and oxygen atoms in total. The number of carbonyl (C=O) groups is 1. The van der Waals surface area contributed by atoms with Crippen LogP contribution in [0.1, 0.15) is 44.0 Å². The molecule has 0 radical (unpaired) electrons. The summed E-state index contributed by atoms with van der Waals surface area (Å²) in [5.41, 5.74) is 8.82. The van der Waals surface area contributed by atoms with Crippen molar-refractivity contribution in [2.24, 2.45) is 5.16 Å². The summed E-state index contributed by atoms with van der Waals surface area (Å²) in [6, 6.07) is 8.86. The zero-order chi connectivity index (χ0) is 20.1. The normalized spacial score (nSPS) is 15.9. The van der Waals surface area contributed by atoms with Gasteiger partial charge in [0.1, 0.15) is 6.10 Å². The highest BCUT2D eigenvalue weighted by molar-refractivity contribution is 5.94. The molecular weight excluding hydrogens is 358 g/mol. The maximum atomic E-state index is 12.4. The zero-order valence-corrected chi connectivity index (χ0v) is 16.3. The molecule has 2 heterocycles. The van der Waals surface area contributed by atoms with Crippen molar-refractivity contribution in [3.8, 4) is 17.1 Å². The van der Waals surface area contributed by atoms with Gasteiger partial charge in [-0.3, -0.25) is 4.79 Å². The molecule has 0 saturated carbocycles. The zero-order valence-electron chi connectivity index (χ0n) is 16.3. The van der Waals surface area contributed by atoms with Crippen molar-refractivity contribution in [2.45, 2.75) is 45.8 Å². The number of hydrogen-bond acceptors (Lipinski definition) is 7. The monoisotopic (exact) mass is 383 g/mol. The van der Waals surface area contributed by atoms with Crippen molar-refractivity contribution in [3.63, 3.8) is 0 Å². The quantitative estimate of drug-likeness (QED) is 0.760. The van der Waals surface area contributed by atoms with Gasteiger partial charge in [0.2, 0.25) is 11.8 Å². The number of nitrogens with one attached hydrogen (secondary N) is 1. The van der Waals surface area contributed by atoms with Gasteiger partial charge in [0.05, 0.1) is 24.1 Å². The number of anilines is 1. The van der Waals surface area contributed by atoms with Crippen LogP contribution in [0.5, 0.6) is 5.88 Å². The third kappa shape index (κ3) is 4.97. The fourth-order valence-electron chi connectivity index (χ4n) is 2.80. The van der Waals surface area contributed by atoms with E-state index in [-0.39, 0.29) is 24.1 Å². The summed E-state index contributed by atoms with van der Waals surface area (Å²) >= 11 is 0. The van der Waals surface area contributed by atoms with E-state index >= 15 is 0 Å². The Bertz CT molecular complexity index is 865. The van der Waals surface area contributed by atoms with E-state index in [0.717, 1.165) is 24.1 Å². The number of amides is 1. The number of carbonyl (C=O) groups excluding carboxylic acids is 1. The van der Waals surface area contributed by atoms with Crippen LogP contribution < -0.4 is 15.8 Å². The van der Waals surface area contributed by atoms with Crippen LogP contribution in [-0.2, 0) is 4.84 Å². The number of nitrogens with two attached hydrogens (primary N) is 1. The first kappa shape index (κ1) is 19.6. The molecule has 0 bridgehead atoms. The number of hydrogen-bond donors (Lipinski definition) is 2. The predicted molar refractivity (Wildman–Crippen MR) is 107 cm³/mol. The Kier molecular flexibility index (Phi) is 6.08. The Morgan fingerprint density at radius 1 is 1.32 bits per heavy atom. The highest BCUT2D eigenvalue weighted by atomic mass is 16.6. The third-order valence-electron chi connectivity index (χ3n) is 4.21. The minimum atomic E-state index is -0.161. The predicted octanol–water partition coefficient (Wildman–Crippen LogP) is 2.80. The van der Waals surface area contributed by atoms with Crippen molar-refractivity contribution in [2.75, 3.05) is 12.3 Å². The van der Waals surface area contributed by atoms with E-state index in [4.69, 9.17) is 15.3 Å². The van der Waals surface area contributed by atoms with Gasteiger partial charge in [0.25, 0.3) is 5.91 Å². The van der Waals surface area contributed by atoms with Gasteiger partial charge in [-0.1, -0.05) is 24.2 Å². The number of rotatable bonds is 7. The molecule has 0 spiro atoms. The Morgan fingerprint density at radius 2 is 2.07 bits per heavy atom. The van der Waals surface area contributed by atoms with E-state index < -0.39 is 0 Å². The van der Waals surface area contributed by atoms with Crippen molar-refractivity contribution in [1.82, 2.24) is 15.3 Å². The number of nitrogen functional groups attached to an aromatic ring is 1. The molecule has 3 rings (SSSR count). The molecule has 1 atom stereocenters. The molecule has 2 aromatic rings. The Hall–Kier alpha value is -3.16. The Labute approximate surface area is 164 Å². The van der Waals surface area contributed by atoms with E-state index in [1.165, 1.54) is 0 Å². The van der Waals surface area contributed by atoms with E-state index in [0.29, 0.717) is 23.7 Å². The second-order valence-corrected chi connectivity index (χ2v) is 6.85. The van der Waals surface area contributed by atoms with Gasteiger partial charge in [-0.25, -0.2) is 4.98 Å². The molecule has 1 unspecified atom stereocenters. The minimum absolute atomic E-state index is 0.0177. The maximum absolute atomic E-state index is 12.4. The van der Waals surface area contributed by atoms with Crippen molar-refractivity contribution < 1.29 is 14.4 Å². The summed E-state index contributed by atoms with van der Waals surface area (Å²) in [7, 11) is 0. The second kappa shape index (κ2) is 8.69. The summed E-state index contributed by atoms with van der Waals surface area (Å²) in [5.74, 6) is 0.399. The molecule has 3 N–H and O–H groups in total. The van der Waals surface area contributed by atoms with Gasteiger partial charge in [-0.2, -0.15) is 4.98 Å². The molecule has 28 heavy (non-hydrogen) atoms. The van der Waals surface area contributed by atoms with Gasteiger partial charge in [-0.05, 0) is 32.4 Å². The summed E-state index contributed by atoms with van der Waals surface area (Å²) in [6.45, 7) is 6.29. The lowest BCUT2D eigenvalue weighted by Gasteiger charge is -2.11. The third-order valence-corrected chi connectivity index (χ3v) is 4.21. The summed E-state index contributed by atoms with van der Waals surface area (Å²) in [4.78, 5) is 26.0. The molecule has 1 amide bonds. The van der Waals surface area contributed by atoms with Crippen LogP contribution in [-0.4, -0.2) is 40.3 Å². The van der Waals surface area contributed by atoms with E-state index in [1.807, 2.05) is 32.9 Å². The molecule has 0 saturated heterocycles. The molecule has 8 heteroatoms. The molecule has 1 aliphatic heterocycles. The van der Waals surface area contributed by atoms with Crippen LogP contribution in [0.25, 0.3) is 11.3 Å². The van der Waals surface area contributed by atoms with Crippen LogP contribution in [0.4, 0.5) is 5.95 Å². The number of nitrogens with zero attached hydrogens (tertiary/aromatic N) is 3. The second-order valence-electron chi connectivity index (χ2n) is 6.85. The number of benzene rings is 1. The molecule has 0 aliphatic carbocycles. The minimum Gasteiger partial charge on any atom is -0.475 e. The van der Waals surface area contributed by atoms with Crippen molar-refractivity contribution in [1.29, 1.82) is 0 Å². The fraction of sp³-hybridized carbons (Fsp3) is 0.400. The lowest BCUT2D eigenvalue weighted by Crippen LogP contribution is -2.32. The largest absolute Gasteiger partial charge is 0.475 e. The Morgan fingerprint density at radius 3 is 2.71 bits per heavy atom. The average Bonchev–Trinajstić information content (AvgIpc) is 3.13. The van der Waals surface area contributed by atoms with Crippen molar-refractivity contribution >= 4 is 17.6 Å². The number of aromatic nitrogens is 2. The van der Waals surface area contributed by atoms with Crippen LogP contribution in [0, 0.1) is 0 Å². The van der Waals surface area contributed by atoms with Gasteiger partial charge in [0.15, 0.2) is 0 Å². The van der Waals surface area contributed by atoms with Crippen molar-refractivity contribution in [3.05, 3.63) is 35.9 Å². The lowest BCUT2D eigenvalue weighted by molar-refractivity contribution is 0.0753. The SMILES string of the molecule is CCC1=NOC(CNC(=O)c2ccc(-c3cc(OC(C)C)nc(N)n3)cc2)C1. The smallest absolute Gasteiger partial charge is 0.251 e. The maximum Gasteiger partial charge on any atom is 0.251 e. The highest BCUT2D eigenvalue weighted by Crippen LogP contribution is 2.23. The van der Waals surface area contributed by atoms with E-state index in [9.17, 15) is 4.79 Å². The van der Waals surface area contributed by atoms with Crippen LogP contribution in [0.3, 0.4) is 0 Å². The molecule has 0 fully saturated rings. The van der Waals surface area contributed by atoms with Crippen LogP contribution in [0.15, 0.2) is 35.5 Å². The molecule has 148 valence electrons. The number of ether oxygens (including phenoxy) is 1. The average molecular weight is 383 g/mol. The van der Waals surface area contributed by atoms with E-state index in [2.05, 4.69) is 20.4 Å². The summed E-state index contributed by atoms with van der Waals surface area (Å²) < 4.78 is 5.60. The van der Waals surface area contributed by atoms with Gasteiger partial charge < -0.3 is 20.6 Å². The first-order chi connectivity index (χ1) is 13.4. The standard InChI is InChI=1S/C20H25N5O3/c1-4-15-9-16(28-25-15)11-22-19(26)14-7-5-13(6-8-14)17-10-18(27-12(2)3)24-20(21)23-17/h5-8,10,12,16H,4,9,11H2,1-3H3,(H,22,26)(H2,21,23,24). The number of oxime groups is 1. The van der Waals surface area contributed by atoms with E-state index in [1.54, 1.807) is 18.2 Å². The van der Waals surface area contributed by atoms with Gasteiger partial charge >= 0.3 is 0 Å². The fourth-order valence-corrected chi connectivity index (χ4v) is 2.80. The molecule has 1 aromatic heterocycles. The summed E-state index contributed by atoms with van der Waals surface area (Å²) in [6.07, 6.45) is 1.51. The highest BCUT2D eigenvalue weighted by Gasteiger charge is 2.20. The van der Waals surface area contributed by atoms with Crippen LogP contribution in [0.2, 0.25) is 0 Å². The van der Waals surface area contributed by atoms with Crippen LogP contribution >= 0.6 is 0 Å². The first-order valence-corrected chi connectivity index (χ1v) is 9.36. The first-order valence-electron chi connectivity index (χ1n) is 9.36. The van der Waals surface area contributed by atoms with Gasteiger partial charge in [-0.15, -0.1) is 0 Å². The lowest BCUT2D eigenvalue weighted by atomic mass is 10.1.